The lowest BCUT2D eigenvalue weighted by molar-refractivity contribution is 0.0732. The molecule has 2 heterocycles. The summed E-state index contributed by atoms with van der Waals surface area (Å²) in [4.78, 5) is 14.8. The highest BCUT2D eigenvalue weighted by molar-refractivity contribution is 5.93. The Bertz CT molecular complexity index is 757. The van der Waals surface area contributed by atoms with Crippen LogP contribution in [0.1, 0.15) is 36.2 Å². The van der Waals surface area contributed by atoms with Gasteiger partial charge in [-0.15, -0.1) is 0 Å². The maximum atomic E-state index is 12.8. The Kier molecular flexibility index (Phi) is 3.52. The maximum Gasteiger partial charge on any atom is 0.272 e. The van der Waals surface area contributed by atoms with E-state index < -0.39 is 0 Å². The van der Waals surface area contributed by atoms with Crippen molar-refractivity contribution in [3.05, 3.63) is 53.2 Å². The Morgan fingerprint density at radius 3 is 2.30 bits per heavy atom. The molecule has 0 atom stereocenters. The van der Waals surface area contributed by atoms with Gasteiger partial charge in [-0.3, -0.25) is 9.48 Å². The van der Waals surface area contributed by atoms with Gasteiger partial charge in [0.15, 0.2) is 0 Å². The average molecular weight is 307 g/mol. The van der Waals surface area contributed by atoms with Crippen molar-refractivity contribution in [2.75, 3.05) is 13.1 Å². The summed E-state index contributed by atoms with van der Waals surface area (Å²) in [5.41, 5.74) is 5.81. The first-order valence-electron chi connectivity index (χ1n) is 8.31. The molecule has 1 aromatic heterocycles. The van der Waals surface area contributed by atoms with Crippen LogP contribution >= 0.6 is 0 Å². The van der Waals surface area contributed by atoms with Gasteiger partial charge >= 0.3 is 0 Å². The van der Waals surface area contributed by atoms with Crippen LogP contribution in [-0.4, -0.2) is 33.7 Å². The van der Waals surface area contributed by atoms with Crippen molar-refractivity contribution in [3.63, 3.8) is 0 Å². The van der Waals surface area contributed by atoms with Gasteiger partial charge in [-0.2, -0.15) is 5.10 Å². The van der Waals surface area contributed by atoms with Crippen LogP contribution in [0.2, 0.25) is 0 Å². The van der Waals surface area contributed by atoms with E-state index in [9.17, 15) is 4.79 Å². The van der Waals surface area contributed by atoms with E-state index in [0.29, 0.717) is 5.69 Å². The van der Waals surface area contributed by atoms with Gasteiger partial charge in [-0.05, 0) is 31.7 Å². The number of allylic oxidation sites excluding steroid dienone is 1. The van der Waals surface area contributed by atoms with Crippen LogP contribution in [0.15, 0.2) is 47.5 Å². The Balaban J connectivity index is 1.53. The second kappa shape index (κ2) is 5.69. The molecule has 1 amide bonds. The van der Waals surface area contributed by atoms with Crippen molar-refractivity contribution in [2.24, 2.45) is 7.05 Å². The predicted molar refractivity (Wildman–Crippen MR) is 90.0 cm³/mol. The number of aromatic nitrogens is 2. The van der Waals surface area contributed by atoms with E-state index in [2.05, 4.69) is 5.10 Å². The fourth-order valence-electron chi connectivity index (χ4n) is 3.33. The van der Waals surface area contributed by atoms with Gasteiger partial charge in [0.05, 0.1) is 5.69 Å². The number of benzene rings is 1. The number of piperidine rings is 1. The number of hydrogen-bond acceptors (Lipinski definition) is 2. The summed E-state index contributed by atoms with van der Waals surface area (Å²) in [6, 6.07) is 11.9. The number of amides is 1. The first-order valence-corrected chi connectivity index (χ1v) is 8.31. The Morgan fingerprint density at radius 1 is 1.00 bits per heavy atom. The summed E-state index contributed by atoms with van der Waals surface area (Å²) < 4.78 is 1.71. The molecule has 118 valence electrons. The van der Waals surface area contributed by atoms with E-state index in [1.165, 1.54) is 12.8 Å². The van der Waals surface area contributed by atoms with Gasteiger partial charge in [0.25, 0.3) is 5.91 Å². The highest BCUT2D eigenvalue weighted by Gasteiger charge is 2.26. The van der Waals surface area contributed by atoms with Crippen LogP contribution in [0, 0.1) is 0 Å². The number of hydrogen-bond donors (Lipinski definition) is 0. The number of carbonyl (C=O) groups is 1. The molecule has 23 heavy (non-hydrogen) atoms. The molecule has 0 unspecified atom stereocenters. The highest BCUT2D eigenvalue weighted by atomic mass is 16.2. The summed E-state index contributed by atoms with van der Waals surface area (Å²) in [6.45, 7) is 1.67. The van der Waals surface area contributed by atoms with Crippen LogP contribution < -0.4 is 0 Å². The molecular formula is C19H21N3O. The fourth-order valence-corrected chi connectivity index (χ4v) is 3.33. The van der Waals surface area contributed by atoms with Crippen LogP contribution in [0.5, 0.6) is 0 Å². The summed E-state index contributed by atoms with van der Waals surface area (Å²) in [5, 5.41) is 4.51. The smallest absolute Gasteiger partial charge is 0.272 e. The SMILES string of the molecule is Cn1nc(-c2ccccc2)cc1C(=O)N1CCC(=C2CC2)CC1. The topological polar surface area (TPSA) is 38.1 Å². The number of likely N-dealkylation sites (tertiary alicyclic amines) is 1. The Hall–Kier alpha value is -2.36. The fraction of sp³-hybridized carbons (Fsp3) is 0.368. The molecule has 1 aromatic carbocycles. The molecular weight excluding hydrogens is 286 g/mol. The summed E-state index contributed by atoms with van der Waals surface area (Å²) >= 11 is 0. The monoisotopic (exact) mass is 307 g/mol. The molecule has 4 rings (SSSR count). The lowest BCUT2D eigenvalue weighted by atomic mass is 10.0. The minimum absolute atomic E-state index is 0.0991. The predicted octanol–water partition coefficient (Wildman–Crippen LogP) is 3.41. The Morgan fingerprint density at radius 2 is 1.65 bits per heavy atom. The Labute approximate surface area is 136 Å². The van der Waals surface area contributed by atoms with E-state index in [-0.39, 0.29) is 5.91 Å². The van der Waals surface area contributed by atoms with E-state index in [0.717, 1.165) is 37.2 Å². The molecule has 0 radical (unpaired) electrons. The third kappa shape index (κ3) is 2.81. The van der Waals surface area contributed by atoms with Crippen molar-refractivity contribution >= 4 is 5.91 Å². The van der Waals surface area contributed by atoms with Gasteiger partial charge in [-0.1, -0.05) is 41.5 Å². The standard InChI is InChI=1S/C19H21N3O/c1-21-18(13-17(20-21)16-5-3-2-4-6-16)19(23)22-11-9-15(10-12-22)14-7-8-14/h2-6,13H,7-12H2,1H3. The lowest BCUT2D eigenvalue weighted by Gasteiger charge is -2.28. The minimum Gasteiger partial charge on any atom is -0.337 e. The summed E-state index contributed by atoms with van der Waals surface area (Å²) in [5.74, 6) is 0.0991. The van der Waals surface area contributed by atoms with Gasteiger partial charge < -0.3 is 4.90 Å². The zero-order valence-corrected chi connectivity index (χ0v) is 13.5. The van der Waals surface area contributed by atoms with E-state index >= 15 is 0 Å². The number of nitrogens with zero attached hydrogens (tertiary/aromatic N) is 3. The molecule has 1 saturated heterocycles. The molecule has 2 fully saturated rings. The molecule has 2 aliphatic rings. The van der Waals surface area contributed by atoms with Crippen LogP contribution in [0.3, 0.4) is 0 Å². The first kappa shape index (κ1) is 14.2. The molecule has 1 saturated carbocycles. The maximum absolute atomic E-state index is 12.8. The first-order chi connectivity index (χ1) is 11.2. The molecule has 0 N–H and O–H groups in total. The normalized spacial score (nSPS) is 17.5. The van der Waals surface area contributed by atoms with Crippen LogP contribution in [0.4, 0.5) is 0 Å². The van der Waals surface area contributed by atoms with E-state index in [4.69, 9.17) is 0 Å². The zero-order chi connectivity index (χ0) is 15.8. The van der Waals surface area contributed by atoms with Crippen molar-refractivity contribution in [1.29, 1.82) is 0 Å². The van der Waals surface area contributed by atoms with Crippen molar-refractivity contribution in [1.82, 2.24) is 14.7 Å². The zero-order valence-electron chi connectivity index (χ0n) is 13.5. The number of carbonyl (C=O) groups excluding carboxylic acids is 1. The van der Waals surface area contributed by atoms with Crippen LogP contribution in [0.25, 0.3) is 11.3 Å². The number of rotatable bonds is 2. The molecule has 0 bridgehead atoms. The van der Waals surface area contributed by atoms with Crippen molar-refractivity contribution in [3.8, 4) is 11.3 Å². The third-order valence-corrected chi connectivity index (χ3v) is 4.82. The van der Waals surface area contributed by atoms with Crippen LogP contribution in [-0.2, 0) is 7.05 Å². The lowest BCUT2D eigenvalue weighted by Crippen LogP contribution is -2.37. The number of aryl methyl sites for hydroxylation is 1. The van der Waals surface area contributed by atoms with Gasteiger partial charge in [0.1, 0.15) is 5.69 Å². The van der Waals surface area contributed by atoms with Gasteiger partial charge in [0.2, 0.25) is 0 Å². The largest absolute Gasteiger partial charge is 0.337 e. The second-order valence-corrected chi connectivity index (χ2v) is 6.40. The summed E-state index contributed by atoms with van der Waals surface area (Å²) in [7, 11) is 1.85. The summed E-state index contributed by atoms with van der Waals surface area (Å²) in [6.07, 6.45) is 4.66. The third-order valence-electron chi connectivity index (χ3n) is 4.82. The van der Waals surface area contributed by atoms with Gasteiger partial charge in [-0.25, -0.2) is 0 Å². The van der Waals surface area contributed by atoms with Gasteiger partial charge in [0, 0.05) is 25.7 Å². The quantitative estimate of drug-likeness (QED) is 0.797. The molecule has 1 aliphatic heterocycles. The molecule has 4 heteroatoms. The minimum atomic E-state index is 0.0991. The highest BCUT2D eigenvalue weighted by Crippen LogP contribution is 2.36. The van der Waals surface area contributed by atoms with E-state index in [1.54, 1.807) is 15.8 Å². The molecule has 1 aliphatic carbocycles. The van der Waals surface area contributed by atoms with Crippen molar-refractivity contribution in [2.45, 2.75) is 25.7 Å². The average Bonchev–Trinajstić information content (AvgIpc) is 3.37. The second-order valence-electron chi connectivity index (χ2n) is 6.40. The molecule has 2 aromatic rings. The van der Waals surface area contributed by atoms with E-state index in [1.807, 2.05) is 48.3 Å². The van der Waals surface area contributed by atoms with Crippen molar-refractivity contribution < 1.29 is 4.79 Å². The molecule has 0 spiro atoms. The molecule has 4 nitrogen and oxygen atoms in total.